The van der Waals surface area contributed by atoms with Gasteiger partial charge in [0, 0.05) is 24.9 Å². The number of nitriles is 1. The van der Waals surface area contributed by atoms with Crippen LogP contribution in [0.3, 0.4) is 0 Å². The van der Waals surface area contributed by atoms with E-state index in [9.17, 15) is 31.6 Å². The summed E-state index contributed by atoms with van der Waals surface area (Å²) in [6, 6.07) is 2.80. The van der Waals surface area contributed by atoms with E-state index in [1.54, 1.807) is 6.07 Å². The molecule has 25 heavy (non-hydrogen) atoms. The van der Waals surface area contributed by atoms with E-state index in [0.717, 1.165) is 18.5 Å². The Bertz CT molecular complexity index is 805. The van der Waals surface area contributed by atoms with E-state index in [1.807, 2.05) is 0 Å². The fourth-order valence-electron chi connectivity index (χ4n) is 1.99. The van der Waals surface area contributed by atoms with E-state index in [1.165, 1.54) is 6.92 Å². The molecule has 0 radical (unpaired) electrons. The Hall–Kier alpha value is -1.67. The molecule has 0 saturated carbocycles. The normalized spacial score (nSPS) is 14.4. The first-order valence-corrected chi connectivity index (χ1v) is 9.57. The van der Waals surface area contributed by atoms with Crippen LogP contribution in [-0.4, -0.2) is 44.0 Å². The summed E-state index contributed by atoms with van der Waals surface area (Å²) in [6.45, 7) is -0.237. The number of sulfone groups is 1. The van der Waals surface area contributed by atoms with Gasteiger partial charge in [0.15, 0.2) is 12.4 Å². The Morgan fingerprint density at radius 3 is 2.52 bits per heavy atom. The molecule has 1 heterocycles. The third-order valence-electron chi connectivity index (χ3n) is 2.90. The monoisotopic (exact) mass is 442 g/mol. The molecule has 0 bridgehead atoms. The number of aromatic nitrogens is 1. The van der Waals surface area contributed by atoms with Crippen LogP contribution in [0, 0.1) is 16.7 Å². The van der Waals surface area contributed by atoms with Gasteiger partial charge >= 0.3 is 6.18 Å². The molecule has 0 amide bonds. The lowest BCUT2D eigenvalue weighted by Crippen LogP contribution is -2.28. The Labute approximate surface area is 151 Å². The number of alkyl halides is 3. The number of hydrogen-bond acceptors (Lipinski definition) is 6. The number of halogens is 4. The number of ether oxygens (including phenoxy) is 1. The van der Waals surface area contributed by atoms with Gasteiger partial charge in [0.05, 0.1) is 21.7 Å². The molecule has 0 aliphatic rings. The molecule has 1 unspecified atom stereocenters. The van der Waals surface area contributed by atoms with Gasteiger partial charge in [0.2, 0.25) is 0 Å². The zero-order valence-electron chi connectivity index (χ0n) is 13.2. The highest BCUT2D eigenvalue weighted by Gasteiger charge is 2.33. The minimum Gasteiger partial charge on any atom is -0.483 e. The van der Waals surface area contributed by atoms with Crippen molar-refractivity contribution in [2.45, 2.75) is 19.5 Å². The second-order valence-electron chi connectivity index (χ2n) is 5.75. The van der Waals surface area contributed by atoms with Crippen LogP contribution in [0.5, 0.6) is 5.75 Å². The number of carbonyl (C=O) groups excluding carboxylic acids is 1. The second-order valence-corrected chi connectivity index (χ2v) is 8.74. The molecular weight excluding hydrogens is 429 g/mol. The van der Waals surface area contributed by atoms with E-state index >= 15 is 0 Å². The van der Waals surface area contributed by atoms with Crippen molar-refractivity contribution < 1.29 is 31.1 Å². The Morgan fingerprint density at radius 1 is 1.44 bits per heavy atom. The van der Waals surface area contributed by atoms with Gasteiger partial charge in [-0.3, -0.25) is 9.78 Å². The maximum atomic E-state index is 12.3. The molecule has 0 spiro atoms. The first-order valence-electron chi connectivity index (χ1n) is 6.72. The smallest absolute Gasteiger partial charge is 0.422 e. The van der Waals surface area contributed by atoms with Crippen LogP contribution in [0.25, 0.3) is 0 Å². The first kappa shape index (κ1) is 21.4. The topological polar surface area (TPSA) is 97.1 Å². The Balaban J connectivity index is 3.00. The molecular formula is C14H14BrF3N2O4S. The van der Waals surface area contributed by atoms with Gasteiger partial charge in [0.25, 0.3) is 0 Å². The zero-order valence-corrected chi connectivity index (χ0v) is 15.6. The fourth-order valence-corrected chi connectivity index (χ4v) is 3.64. The van der Waals surface area contributed by atoms with Crippen LogP contribution in [0.1, 0.15) is 23.8 Å². The lowest BCUT2D eigenvalue weighted by Gasteiger charge is -2.19. The average molecular weight is 443 g/mol. The predicted octanol–water partition coefficient (Wildman–Crippen LogP) is 2.93. The number of Topliss-reactive ketones (excluding diaryl/α,β-unsaturated/α-hetero) is 1. The van der Waals surface area contributed by atoms with E-state index < -0.39 is 46.0 Å². The SMILES string of the molecule is CC(C#N)(CC(=O)c1cc(OCC(F)(F)F)c(Br)cn1)CS(C)(=O)=O. The third kappa shape index (κ3) is 7.39. The second kappa shape index (κ2) is 7.70. The van der Waals surface area contributed by atoms with Crippen LogP contribution < -0.4 is 4.74 Å². The summed E-state index contributed by atoms with van der Waals surface area (Å²) >= 11 is 2.96. The zero-order chi connectivity index (χ0) is 19.5. The van der Waals surface area contributed by atoms with Crippen LogP contribution in [0.2, 0.25) is 0 Å². The molecule has 6 nitrogen and oxygen atoms in total. The minimum absolute atomic E-state index is 0.118. The van der Waals surface area contributed by atoms with Gasteiger partial charge in [-0.05, 0) is 22.9 Å². The summed E-state index contributed by atoms with van der Waals surface area (Å²) in [4.78, 5) is 16.0. The first-order chi connectivity index (χ1) is 11.2. The summed E-state index contributed by atoms with van der Waals surface area (Å²) < 4.78 is 64.2. The highest BCUT2D eigenvalue weighted by atomic mass is 79.9. The maximum Gasteiger partial charge on any atom is 0.422 e. The van der Waals surface area contributed by atoms with Crippen molar-refractivity contribution in [2.75, 3.05) is 18.6 Å². The predicted molar refractivity (Wildman–Crippen MR) is 85.9 cm³/mol. The van der Waals surface area contributed by atoms with Crippen LogP contribution in [0.4, 0.5) is 13.2 Å². The Morgan fingerprint density at radius 2 is 2.04 bits per heavy atom. The van der Waals surface area contributed by atoms with Gasteiger partial charge < -0.3 is 4.74 Å². The van der Waals surface area contributed by atoms with Crippen molar-refractivity contribution in [1.82, 2.24) is 4.98 Å². The van der Waals surface area contributed by atoms with Crippen molar-refractivity contribution in [3.63, 3.8) is 0 Å². The number of nitrogens with zero attached hydrogens (tertiary/aromatic N) is 2. The quantitative estimate of drug-likeness (QED) is 0.602. The number of hydrogen-bond donors (Lipinski definition) is 0. The Kier molecular flexibility index (Phi) is 6.58. The minimum atomic E-state index is -4.55. The largest absolute Gasteiger partial charge is 0.483 e. The summed E-state index contributed by atoms with van der Waals surface area (Å²) in [5.74, 6) is -1.45. The summed E-state index contributed by atoms with van der Waals surface area (Å²) in [5, 5.41) is 9.17. The fraction of sp³-hybridized carbons (Fsp3) is 0.500. The molecule has 1 rings (SSSR count). The number of rotatable bonds is 7. The molecule has 0 aliphatic carbocycles. The average Bonchev–Trinajstić information content (AvgIpc) is 2.43. The van der Waals surface area contributed by atoms with Crippen LogP contribution >= 0.6 is 15.9 Å². The molecule has 11 heteroatoms. The molecule has 0 saturated heterocycles. The molecule has 1 aromatic heterocycles. The molecule has 138 valence electrons. The third-order valence-corrected chi connectivity index (χ3v) is 4.66. The van der Waals surface area contributed by atoms with Gasteiger partial charge in [-0.1, -0.05) is 0 Å². The lowest BCUT2D eigenvalue weighted by atomic mass is 9.88. The van der Waals surface area contributed by atoms with Crippen molar-refractivity contribution >= 4 is 31.6 Å². The maximum absolute atomic E-state index is 12.3. The number of ketones is 1. The van der Waals surface area contributed by atoms with Crippen molar-refractivity contribution in [1.29, 1.82) is 5.26 Å². The van der Waals surface area contributed by atoms with E-state index in [4.69, 9.17) is 0 Å². The van der Waals surface area contributed by atoms with E-state index in [-0.39, 0.29) is 15.9 Å². The van der Waals surface area contributed by atoms with Crippen LogP contribution in [-0.2, 0) is 9.84 Å². The van der Waals surface area contributed by atoms with E-state index in [2.05, 4.69) is 25.7 Å². The molecule has 0 N–H and O–H groups in total. The number of carbonyl (C=O) groups is 1. The van der Waals surface area contributed by atoms with Gasteiger partial charge in [-0.25, -0.2) is 8.42 Å². The summed E-state index contributed by atoms with van der Waals surface area (Å²) in [5.41, 5.74) is -1.71. The number of pyridine rings is 1. The highest BCUT2D eigenvalue weighted by molar-refractivity contribution is 9.10. The molecule has 1 atom stereocenters. The van der Waals surface area contributed by atoms with Crippen molar-refractivity contribution in [2.24, 2.45) is 5.41 Å². The molecule has 0 aromatic carbocycles. The van der Waals surface area contributed by atoms with Gasteiger partial charge in [-0.2, -0.15) is 18.4 Å². The highest BCUT2D eigenvalue weighted by Crippen LogP contribution is 2.29. The molecule has 0 aliphatic heterocycles. The standard InChI is InChI=1S/C14H14BrF3N2O4S/c1-13(6-19,8-25(2,22)23)4-11(21)10-3-12(9(15)5-20-10)24-7-14(16,17)18/h3,5H,4,7-8H2,1-2H3. The molecule has 1 aromatic rings. The van der Waals surface area contributed by atoms with Crippen molar-refractivity contribution in [3.8, 4) is 11.8 Å². The van der Waals surface area contributed by atoms with Crippen molar-refractivity contribution in [3.05, 3.63) is 22.4 Å². The summed E-state index contributed by atoms with van der Waals surface area (Å²) in [7, 11) is -3.51. The van der Waals surface area contributed by atoms with E-state index in [0.29, 0.717) is 0 Å². The van der Waals surface area contributed by atoms with Gasteiger partial charge in [-0.15, -0.1) is 0 Å². The molecule has 0 fully saturated rings. The lowest BCUT2D eigenvalue weighted by molar-refractivity contribution is -0.153. The van der Waals surface area contributed by atoms with Gasteiger partial charge in [0.1, 0.15) is 21.3 Å². The van der Waals surface area contributed by atoms with Crippen LogP contribution in [0.15, 0.2) is 16.7 Å². The summed E-state index contributed by atoms with van der Waals surface area (Å²) in [6.07, 6.45) is -2.97.